The van der Waals surface area contributed by atoms with Crippen molar-refractivity contribution in [2.75, 3.05) is 0 Å². The zero-order chi connectivity index (χ0) is 21.5. The van der Waals surface area contributed by atoms with E-state index in [4.69, 9.17) is 0 Å². The van der Waals surface area contributed by atoms with Crippen molar-refractivity contribution in [3.63, 3.8) is 0 Å². The number of benzene rings is 3. The molecule has 2 unspecified atom stereocenters. The van der Waals surface area contributed by atoms with E-state index in [0.29, 0.717) is 11.7 Å². The summed E-state index contributed by atoms with van der Waals surface area (Å²) >= 11 is 0. The van der Waals surface area contributed by atoms with E-state index in [-0.39, 0.29) is 5.41 Å². The van der Waals surface area contributed by atoms with E-state index in [1.165, 1.54) is 11.1 Å². The molecule has 2 aliphatic carbocycles. The number of hydrogen-bond acceptors (Lipinski definition) is 2. The van der Waals surface area contributed by atoms with Crippen LogP contribution in [0.15, 0.2) is 84.4 Å². The molecule has 2 heteroatoms. The van der Waals surface area contributed by atoms with Crippen molar-refractivity contribution < 1.29 is 10.2 Å². The number of rotatable bonds is 3. The van der Waals surface area contributed by atoms with Gasteiger partial charge in [-0.2, -0.15) is 0 Å². The van der Waals surface area contributed by atoms with Gasteiger partial charge >= 0.3 is 0 Å². The van der Waals surface area contributed by atoms with Crippen LogP contribution >= 0.6 is 0 Å². The molecule has 31 heavy (non-hydrogen) atoms. The monoisotopic (exact) mass is 410 g/mol. The zero-order valence-electron chi connectivity index (χ0n) is 18.1. The lowest BCUT2D eigenvalue weighted by Gasteiger charge is -2.54. The first-order chi connectivity index (χ1) is 15.0. The third-order valence-corrected chi connectivity index (χ3v) is 7.77. The number of fused-ring (bicyclic) bond motifs is 3. The van der Waals surface area contributed by atoms with Gasteiger partial charge in [-0.1, -0.05) is 79.7 Å². The Labute approximate surface area is 184 Å². The maximum atomic E-state index is 12.2. The molecule has 1 fully saturated rings. The smallest absolute Gasteiger partial charge is 0.115 e. The third-order valence-electron chi connectivity index (χ3n) is 7.77. The molecule has 3 atom stereocenters. The molecule has 3 aromatic carbocycles. The molecule has 0 heterocycles. The van der Waals surface area contributed by atoms with Gasteiger partial charge in [0.25, 0.3) is 0 Å². The zero-order valence-corrected chi connectivity index (χ0v) is 18.1. The number of hydrogen-bond donors (Lipinski definition) is 2. The van der Waals surface area contributed by atoms with Crippen LogP contribution in [-0.2, 0) is 17.4 Å². The Balaban J connectivity index is 1.68. The van der Waals surface area contributed by atoms with Crippen LogP contribution in [0.2, 0.25) is 0 Å². The van der Waals surface area contributed by atoms with E-state index in [1.54, 1.807) is 0 Å². The number of phenols is 1. The number of phenolic OH excluding ortho intramolecular Hbond substituents is 1. The maximum absolute atomic E-state index is 12.2. The van der Waals surface area contributed by atoms with E-state index >= 15 is 0 Å². The highest BCUT2D eigenvalue weighted by Crippen LogP contribution is 2.59. The molecule has 3 aromatic rings. The molecule has 5 rings (SSSR count). The molecule has 0 spiro atoms. The summed E-state index contributed by atoms with van der Waals surface area (Å²) < 4.78 is 0. The molecule has 0 aromatic heterocycles. The number of aliphatic hydroxyl groups is 1. The van der Waals surface area contributed by atoms with Gasteiger partial charge in [0, 0.05) is 5.41 Å². The van der Waals surface area contributed by atoms with Crippen molar-refractivity contribution in [3.8, 4) is 5.75 Å². The summed E-state index contributed by atoms with van der Waals surface area (Å²) in [6.45, 7) is 2.28. The standard InChI is InChI=1S/C29H30O2/c1-2-28-19-25(17-21-9-5-3-6-10-21)29(31,23-11-7-4-8-12-23)20-24(28)14-13-22-18-26(30)15-16-27(22)28/h3-12,15-18,24,30-31H,2,13-14,19-20H2,1H3/b25-17-/t24-,28?,29?/m1/s1. The fourth-order valence-electron chi connectivity index (χ4n) is 6.15. The van der Waals surface area contributed by atoms with E-state index in [1.807, 2.05) is 48.5 Å². The van der Waals surface area contributed by atoms with Crippen LogP contribution in [-0.4, -0.2) is 10.2 Å². The molecular formula is C29H30O2. The van der Waals surface area contributed by atoms with Crippen LogP contribution in [0.4, 0.5) is 0 Å². The number of aryl methyl sites for hydroxylation is 1. The SMILES string of the molecule is CCC12C/C(=C/c3ccccc3)C(O)(c3ccccc3)C[C@H]1CCc1cc(O)ccc12. The summed E-state index contributed by atoms with van der Waals surface area (Å²) in [5.41, 5.74) is 4.85. The van der Waals surface area contributed by atoms with Gasteiger partial charge in [-0.3, -0.25) is 0 Å². The molecule has 2 aliphatic rings. The Kier molecular flexibility index (Phi) is 4.98. The molecule has 0 bridgehead atoms. The highest BCUT2D eigenvalue weighted by Gasteiger charge is 2.53. The first-order valence-electron chi connectivity index (χ1n) is 11.4. The molecule has 0 amide bonds. The predicted molar refractivity (Wildman–Crippen MR) is 126 cm³/mol. The molecule has 2 N–H and O–H groups in total. The fraction of sp³-hybridized carbons (Fsp3) is 0.310. The van der Waals surface area contributed by atoms with E-state index in [2.05, 4.69) is 43.3 Å². The van der Waals surface area contributed by atoms with Crippen LogP contribution in [0.3, 0.4) is 0 Å². The lowest BCUT2D eigenvalue weighted by molar-refractivity contribution is -0.00856. The van der Waals surface area contributed by atoms with Crippen molar-refractivity contribution in [1.82, 2.24) is 0 Å². The summed E-state index contributed by atoms with van der Waals surface area (Å²) in [5.74, 6) is 0.743. The van der Waals surface area contributed by atoms with E-state index in [9.17, 15) is 10.2 Å². The summed E-state index contributed by atoms with van der Waals surface area (Å²) in [5, 5.41) is 22.3. The van der Waals surface area contributed by atoms with Gasteiger partial charge in [-0.05, 0) is 78.0 Å². The molecule has 0 aliphatic heterocycles. The minimum absolute atomic E-state index is 0.0110. The Morgan fingerprint density at radius 2 is 1.68 bits per heavy atom. The molecule has 0 radical (unpaired) electrons. The van der Waals surface area contributed by atoms with Crippen molar-refractivity contribution >= 4 is 6.08 Å². The van der Waals surface area contributed by atoms with E-state index in [0.717, 1.165) is 48.8 Å². The van der Waals surface area contributed by atoms with Crippen LogP contribution in [0, 0.1) is 5.92 Å². The highest BCUT2D eigenvalue weighted by atomic mass is 16.3. The topological polar surface area (TPSA) is 40.5 Å². The minimum atomic E-state index is -0.963. The Hall–Kier alpha value is -2.84. The van der Waals surface area contributed by atoms with Crippen LogP contribution in [0.1, 0.15) is 54.9 Å². The quantitative estimate of drug-likeness (QED) is 0.527. The van der Waals surface area contributed by atoms with Crippen molar-refractivity contribution in [2.24, 2.45) is 5.92 Å². The van der Waals surface area contributed by atoms with Crippen molar-refractivity contribution in [1.29, 1.82) is 0 Å². The average Bonchev–Trinajstić information content (AvgIpc) is 2.80. The third kappa shape index (κ3) is 3.30. The van der Waals surface area contributed by atoms with Gasteiger partial charge in [0.05, 0.1) is 0 Å². The van der Waals surface area contributed by atoms with Crippen molar-refractivity contribution in [3.05, 3.63) is 107 Å². The Bertz CT molecular complexity index is 1100. The van der Waals surface area contributed by atoms with Gasteiger partial charge in [0.15, 0.2) is 0 Å². The molecular weight excluding hydrogens is 380 g/mol. The van der Waals surface area contributed by atoms with Gasteiger partial charge in [0.1, 0.15) is 11.4 Å². The van der Waals surface area contributed by atoms with Gasteiger partial charge < -0.3 is 10.2 Å². The van der Waals surface area contributed by atoms with Crippen LogP contribution < -0.4 is 0 Å². The molecule has 0 saturated heterocycles. The van der Waals surface area contributed by atoms with Crippen LogP contribution in [0.25, 0.3) is 6.08 Å². The molecule has 2 nitrogen and oxygen atoms in total. The molecule has 158 valence electrons. The van der Waals surface area contributed by atoms with Gasteiger partial charge in [0.2, 0.25) is 0 Å². The first kappa shape index (κ1) is 20.1. The normalized spacial score (nSPS) is 28.7. The van der Waals surface area contributed by atoms with Crippen LogP contribution in [0.5, 0.6) is 5.75 Å². The van der Waals surface area contributed by atoms with Gasteiger partial charge in [-0.15, -0.1) is 0 Å². The Morgan fingerprint density at radius 1 is 0.968 bits per heavy atom. The summed E-state index contributed by atoms with van der Waals surface area (Å²) in [6, 6.07) is 26.4. The minimum Gasteiger partial charge on any atom is -0.508 e. The lowest BCUT2D eigenvalue weighted by atomic mass is 9.51. The second kappa shape index (κ2) is 7.69. The summed E-state index contributed by atoms with van der Waals surface area (Å²) in [4.78, 5) is 0. The number of aromatic hydroxyl groups is 1. The van der Waals surface area contributed by atoms with Crippen molar-refractivity contribution in [2.45, 2.75) is 50.0 Å². The van der Waals surface area contributed by atoms with E-state index < -0.39 is 5.60 Å². The Morgan fingerprint density at radius 3 is 2.39 bits per heavy atom. The van der Waals surface area contributed by atoms with Gasteiger partial charge in [-0.25, -0.2) is 0 Å². The molecule has 1 saturated carbocycles. The average molecular weight is 411 g/mol. The first-order valence-corrected chi connectivity index (χ1v) is 11.4. The largest absolute Gasteiger partial charge is 0.508 e. The summed E-state index contributed by atoms with van der Waals surface area (Å²) in [7, 11) is 0. The summed E-state index contributed by atoms with van der Waals surface area (Å²) in [6.07, 6.45) is 6.77. The lowest BCUT2D eigenvalue weighted by Crippen LogP contribution is -2.50. The highest BCUT2D eigenvalue weighted by molar-refractivity contribution is 5.59. The second-order valence-electron chi connectivity index (χ2n) is 9.27. The predicted octanol–water partition coefficient (Wildman–Crippen LogP) is 6.37. The maximum Gasteiger partial charge on any atom is 0.115 e. The second-order valence-corrected chi connectivity index (χ2v) is 9.27. The fourth-order valence-corrected chi connectivity index (χ4v) is 6.15.